The molecule has 1 heterocycles. The number of halogens is 1. The van der Waals surface area contributed by atoms with Gasteiger partial charge < -0.3 is 5.32 Å². The number of aryl methyl sites for hydroxylation is 2. The minimum atomic E-state index is -3.57. The van der Waals surface area contributed by atoms with Crippen LogP contribution in [0, 0.1) is 25.6 Å². The first kappa shape index (κ1) is 21.5. The molecular weight excluding hydrogens is 391 g/mol. The molecule has 0 spiro atoms. The van der Waals surface area contributed by atoms with Gasteiger partial charge in [-0.25, -0.2) is 12.8 Å². The zero-order chi connectivity index (χ0) is 21.2. The summed E-state index contributed by atoms with van der Waals surface area (Å²) in [7, 11) is -3.57. The highest BCUT2D eigenvalue weighted by molar-refractivity contribution is 7.89. The fourth-order valence-corrected chi connectivity index (χ4v) is 5.43. The third-order valence-electron chi connectivity index (χ3n) is 5.51. The topological polar surface area (TPSA) is 66.5 Å². The van der Waals surface area contributed by atoms with Gasteiger partial charge >= 0.3 is 0 Å². The summed E-state index contributed by atoms with van der Waals surface area (Å²) in [5, 5.41) is 2.96. The van der Waals surface area contributed by atoms with Crippen LogP contribution in [0.2, 0.25) is 0 Å². The van der Waals surface area contributed by atoms with Gasteiger partial charge in [0.05, 0.1) is 10.9 Å². The van der Waals surface area contributed by atoms with Gasteiger partial charge in [-0.3, -0.25) is 4.79 Å². The number of carbonyl (C=O) groups excluding carboxylic acids is 1. The second-order valence-corrected chi connectivity index (χ2v) is 9.64. The molecule has 7 heteroatoms. The van der Waals surface area contributed by atoms with Gasteiger partial charge in [-0.1, -0.05) is 24.3 Å². The van der Waals surface area contributed by atoms with E-state index in [4.69, 9.17) is 0 Å². The van der Waals surface area contributed by atoms with E-state index in [1.54, 1.807) is 25.1 Å². The summed E-state index contributed by atoms with van der Waals surface area (Å²) in [5.41, 5.74) is 2.46. The van der Waals surface area contributed by atoms with Gasteiger partial charge in [0.2, 0.25) is 15.9 Å². The van der Waals surface area contributed by atoms with Gasteiger partial charge in [-0.05, 0) is 68.5 Å². The van der Waals surface area contributed by atoms with Crippen molar-refractivity contribution < 1.29 is 17.6 Å². The minimum Gasteiger partial charge on any atom is -0.349 e. The summed E-state index contributed by atoms with van der Waals surface area (Å²) in [6.45, 7) is 6.16. The zero-order valence-electron chi connectivity index (χ0n) is 17.0. The third kappa shape index (κ3) is 4.85. The number of amides is 1. The molecule has 0 radical (unpaired) electrons. The van der Waals surface area contributed by atoms with Crippen molar-refractivity contribution in [3.8, 4) is 0 Å². The van der Waals surface area contributed by atoms with E-state index < -0.39 is 10.0 Å². The SMILES string of the molecule is Cc1ccc(C)c(S(=O)(=O)N2CCC(C(=O)NC(C)c3ccc(F)cc3)CC2)c1. The highest BCUT2D eigenvalue weighted by Gasteiger charge is 2.33. The lowest BCUT2D eigenvalue weighted by molar-refractivity contribution is -0.126. The van der Waals surface area contributed by atoms with Crippen LogP contribution in [0.25, 0.3) is 0 Å². The Bertz CT molecular complexity index is 982. The summed E-state index contributed by atoms with van der Waals surface area (Å²) < 4.78 is 40.6. The van der Waals surface area contributed by atoms with E-state index in [1.165, 1.54) is 16.4 Å². The van der Waals surface area contributed by atoms with Crippen LogP contribution in [-0.4, -0.2) is 31.7 Å². The molecule has 1 aliphatic rings. The lowest BCUT2D eigenvalue weighted by Crippen LogP contribution is -2.43. The molecule has 2 aromatic carbocycles. The van der Waals surface area contributed by atoms with Crippen molar-refractivity contribution in [1.82, 2.24) is 9.62 Å². The Balaban J connectivity index is 1.61. The maximum atomic E-state index is 13.1. The third-order valence-corrected chi connectivity index (χ3v) is 7.56. The van der Waals surface area contributed by atoms with Crippen LogP contribution in [0.4, 0.5) is 4.39 Å². The van der Waals surface area contributed by atoms with Crippen molar-refractivity contribution in [2.24, 2.45) is 5.92 Å². The highest BCUT2D eigenvalue weighted by Crippen LogP contribution is 2.27. The molecule has 156 valence electrons. The Morgan fingerprint density at radius 1 is 1.10 bits per heavy atom. The Morgan fingerprint density at radius 3 is 2.34 bits per heavy atom. The summed E-state index contributed by atoms with van der Waals surface area (Å²) in [6.07, 6.45) is 0.956. The molecule has 0 aliphatic carbocycles. The number of hydrogen-bond acceptors (Lipinski definition) is 3. The standard InChI is InChI=1S/C22H27FN2O3S/c1-15-4-5-16(2)21(14-15)29(27,28)25-12-10-19(11-13-25)22(26)24-17(3)18-6-8-20(23)9-7-18/h4-9,14,17,19H,10-13H2,1-3H3,(H,24,26). The largest absolute Gasteiger partial charge is 0.349 e. The Morgan fingerprint density at radius 2 is 1.72 bits per heavy atom. The number of carbonyl (C=O) groups is 1. The number of nitrogens with one attached hydrogen (secondary N) is 1. The van der Waals surface area contributed by atoms with E-state index in [1.807, 2.05) is 26.0 Å². The quantitative estimate of drug-likeness (QED) is 0.805. The predicted octanol–water partition coefficient (Wildman–Crippen LogP) is 3.72. The van der Waals surface area contributed by atoms with E-state index >= 15 is 0 Å². The molecule has 29 heavy (non-hydrogen) atoms. The van der Waals surface area contributed by atoms with Crippen LogP contribution < -0.4 is 5.32 Å². The molecule has 3 rings (SSSR count). The maximum absolute atomic E-state index is 13.1. The van der Waals surface area contributed by atoms with Crippen LogP contribution in [-0.2, 0) is 14.8 Å². The molecule has 2 aromatic rings. The van der Waals surface area contributed by atoms with E-state index in [-0.39, 0.29) is 23.7 Å². The van der Waals surface area contributed by atoms with Crippen LogP contribution >= 0.6 is 0 Å². The van der Waals surface area contributed by atoms with Gasteiger partial charge in [-0.15, -0.1) is 0 Å². The Kier molecular flexibility index (Phi) is 6.39. The molecule has 1 amide bonds. The summed E-state index contributed by atoms with van der Waals surface area (Å²) >= 11 is 0. The number of rotatable bonds is 5. The number of hydrogen-bond donors (Lipinski definition) is 1. The van der Waals surface area contributed by atoms with E-state index in [0.29, 0.717) is 30.8 Å². The van der Waals surface area contributed by atoms with Crippen molar-refractivity contribution in [2.45, 2.75) is 44.6 Å². The number of sulfonamides is 1. The fourth-order valence-electron chi connectivity index (χ4n) is 3.65. The number of nitrogens with zero attached hydrogens (tertiary/aromatic N) is 1. The molecular formula is C22H27FN2O3S. The molecule has 1 N–H and O–H groups in total. The van der Waals surface area contributed by atoms with Gasteiger partial charge in [0.25, 0.3) is 0 Å². The van der Waals surface area contributed by atoms with E-state index in [9.17, 15) is 17.6 Å². The second-order valence-electron chi connectivity index (χ2n) is 7.73. The van der Waals surface area contributed by atoms with Crippen LogP contribution in [0.5, 0.6) is 0 Å². The van der Waals surface area contributed by atoms with Gasteiger partial charge in [0.15, 0.2) is 0 Å². The molecule has 1 aliphatic heterocycles. The summed E-state index contributed by atoms with van der Waals surface area (Å²) in [5.74, 6) is -0.640. The zero-order valence-corrected chi connectivity index (χ0v) is 17.8. The van der Waals surface area contributed by atoms with Crippen LogP contribution in [0.1, 0.15) is 42.5 Å². The average Bonchev–Trinajstić information content (AvgIpc) is 2.70. The molecule has 0 aromatic heterocycles. The number of benzene rings is 2. The second kappa shape index (κ2) is 8.63. The summed E-state index contributed by atoms with van der Waals surface area (Å²) in [4.78, 5) is 13.0. The van der Waals surface area contributed by atoms with Crippen LogP contribution in [0.3, 0.4) is 0 Å². The smallest absolute Gasteiger partial charge is 0.243 e. The predicted molar refractivity (Wildman–Crippen MR) is 110 cm³/mol. The molecule has 0 bridgehead atoms. The first-order chi connectivity index (χ1) is 13.7. The number of piperidine rings is 1. The van der Waals surface area contributed by atoms with Crippen molar-refractivity contribution in [2.75, 3.05) is 13.1 Å². The normalized spacial score (nSPS) is 17.1. The molecule has 1 atom stereocenters. The Hall–Kier alpha value is -2.25. The first-order valence-electron chi connectivity index (χ1n) is 9.81. The fraction of sp³-hybridized carbons (Fsp3) is 0.409. The van der Waals surface area contributed by atoms with Crippen molar-refractivity contribution in [1.29, 1.82) is 0 Å². The summed E-state index contributed by atoms with van der Waals surface area (Å²) in [6, 6.07) is 11.2. The average molecular weight is 419 g/mol. The molecule has 1 unspecified atom stereocenters. The van der Waals surface area contributed by atoms with Crippen molar-refractivity contribution in [3.63, 3.8) is 0 Å². The van der Waals surface area contributed by atoms with Gasteiger partial charge in [-0.2, -0.15) is 4.31 Å². The van der Waals surface area contributed by atoms with Crippen molar-refractivity contribution in [3.05, 3.63) is 65.0 Å². The molecule has 5 nitrogen and oxygen atoms in total. The lowest BCUT2D eigenvalue weighted by atomic mass is 9.96. The molecule has 0 saturated carbocycles. The van der Waals surface area contributed by atoms with Gasteiger partial charge in [0.1, 0.15) is 5.82 Å². The first-order valence-corrected chi connectivity index (χ1v) is 11.3. The van der Waals surface area contributed by atoms with Crippen LogP contribution in [0.15, 0.2) is 47.4 Å². The Labute approximate surface area is 172 Å². The van der Waals surface area contributed by atoms with E-state index in [2.05, 4.69) is 5.32 Å². The van der Waals surface area contributed by atoms with Gasteiger partial charge in [0, 0.05) is 19.0 Å². The van der Waals surface area contributed by atoms with Crippen molar-refractivity contribution >= 4 is 15.9 Å². The monoisotopic (exact) mass is 418 g/mol. The lowest BCUT2D eigenvalue weighted by Gasteiger charge is -2.31. The highest BCUT2D eigenvalue weighted by atomic mass is 32.2. The maximum Gasteiger partial charge on any atom is 0.243 e. The minimum absolute atomic E-state index is 0.0920. The molecule has 1 saturated heterocycles. The van der Waals surface area contributed by atoms with E-state index in [0.717, 1.165) is 16.7 Å². The molecule has 1 fully saturated rings.